The van der Waals surface area contributed by atoms with Crippen LogP contribution in [0.25, 0.3) is 0 Å². The zero-order chi connectivity index (χ0) is 27.7. The highest BCUT2D eigenvalue weighted by molar-refractivity contribution is 6.35. The molecular weight excluding hydrogens is 537 g/mol. The van der Waals surface area contributed by atoms with E-state index in [1.165, 1.54) is 5.56 Å². The predicted octanol–water partition coefficient (Wildman–Crippen LogP) is 4.35. The summed E-state index contributed by atoms with van der Waals surface area (Å²) in [5.41, 5.74) is 2.92. The third-order valence-corrected chi connectivity index (χ3v) is 8.43. The van der Waals surface area contributed by atoms with Crippen molar-refractivity contribution in [3.8, 4) is 0 Å². The lowest BCUT2D eigenvalue weighted by molar-refractivity contribution is -0.136. The lowest BCUT2D eigenvalue weighted by Crippen LogP contribution is -2.52. The fraction of sp³-hybridized carbons (Fsp3) is 0.414. The second kappa shape index (κ2) is 11.6. The first kappa shape index (κ1) is 27.5. The molecule has 5 rings (SSSR count). The van der Waals surface area contributed by atoms with Crippen molar-refractivity contribution in [1.82, 2.24) is 25.3 Å². The monoisotopic (exact) mass is 569 g/mol. The van der Waals surface area contributed by atoms with Crippen LogP contribution in [0.4, 0.5) is 4.79 Å². The summed E-state index contributed by atoms with van der Waals surface area (Å²) in [6, 6.07) is 13.7. The first-order chi connectivity index (χ1) is 18.8. The van der Waals surface area contributed by atoms with Gasteiger partial charge in [0.15, 0.2) is 0 Å². The number of hydrogen-bond acceptors (Lipinski definition) is 4. The van der Waals surface area contributed by atoms with E-state index in [0.29, 0.717) is 33.4 Å². The number of rotatable bonds is 7. The number of carbonyl (C=O) groups is 3. The van der Waals surface area contributed by atoms with Crippen molar-refractivity contribution in [2.24, 2.45) is 0 Å². The molecule has 0 radical (unpaired) electrons. The van der Waals surface area contributed by atoms with Gasteiger partial charge >= 0.3 is 6.03 Å². The standard InChI is InChI=1S/C29H33Cl2N5O3/c1-3-35-24-17-36(28(38)25(24)26(33-29(35)39)22-10-9-20(30)15-23(22)31)18(2)27(37)32-21-11-13-34(14-12-21)16-19-7-5-4-6-8-19/h4-10,15,18,21,26H,3,11-14,16-17H2,1-2H3,(H,32,37)(H,33,39)/t18-,26-/m1/s1. The molecular formula is C29H33Cl2N5O3. The van der Waals surface area contributed by atoms with E-state index < -0.39 is 12.1 Å². The zero-order valence-electron chi connectivity index (χ0n) is 22.1. The Balaban J connectivity index is 1.25. The highest BCUT2D eigenvalue weighted by atomic mass is 35.5. The van der Waals surface area contributed by atoms with E-state index in [2.05, 4.69) is 27.7 Å². The van der Waals surface area contributed by atoms with Crippen LogP contribution in [0, 0.1) is 0 Å². The number of nitrogens with one attached hydrogen (secondary N) is 2. The number of benzene rings is 2. The normalized spacial score (nSPS) is 21.2. The molecule has 2 atom stereocenters. The van der Waals surface area contributed by atoms with Gasteiger partial charge in [0.25, 0.3) is 5.91 Å². The summed E-state index contributed by atoms with van der Waals surface area (Å²) < 4.78 is 0. The molecule has 2 aromatic carbocycles. The molecule has 3 aliphatic heterocycles. The van der Waals surface area contributed by atoms with Crippen LogP contribution in [0.15, 0.2) is 59.8 Å². The van der Waals surface area contributed by atoms with Crippen LogP contribution in [0.1, 0.15) is 43.9 Å². The lowest BCUT2D eigenvalue weighted by atomic mass is 9.95. The number of amides is 4. The maximum atomic E-state index is 13.8. The molecule has 0 unspecified atom stereocenters. The Hall–Kier alpha value is -3.07. The molecule has 8 nitrogen and oxygen atoms in total. The number of halogens is 2. The van der Waals surface area contributed by atoms with Crippen LogP contribution in [0.2, 0.25) is 10.0 Å². The third kappa shape index (κ3) is 5.64. The van der Waals surface area contributed by atoms with Crippen LogP contribution >= 0.6 is 23.2 Å². The van der Waals surface area contributed by atoms with Gasteiger partial charge in [0, 0.05) is 42.3 Å². The Labute approximate surface area is 238 Å². The zero-order valence-corrected chi connectivity index (χ0v) is 23.6. The molecule has 1 saturated heterocycles. The molecule has 4 amide bonds. The van der Waals surface area contributed by atoms with Crippen molar-refractivity contribution in [2.45, 2.75) is 51.4 Å². The van der Waals surface area contributed by atoms with Crippen LogP contribution < -0.4 is 10.6 Å². The maximum absolute atomic E-state index is 13.8. The van der Waals surface area contributed by atoms with Crippen molar-refractivity contribution in [3.05, 3.63) is 81.0 Å². The highest BCUT2D eigenvalue weighted by Gasteiger charge is 2.46. The molecule has 0 aromatic heterocycles. The van der Waals surface area contributed by atoms with Gasteiger partial charge in [-0.15, -0.1) is 0 Å². The highest BCUT2D eigenvalue weighted by Crippen LogP contribution is 2.39. The number of urea groups is 1. The van der Waals surface area contributed by atoms with Crippen LogP contribution in [-0.2, 0) is 16.1 Å². The molecule has 0 bridgehead atoms. The second-order valence-electron chi connectivity index (χ2n) is 10.3. The number of likely N-dealkylation sites (tertiary alicyclic amines) is 1. The molecule has 3 heterocycles. The predicted molar refractivity (Wildman–Crippen MR) is 151 cm³/mol. The molecule has 0 aliphatic carbocycles. The van der Waals surface area contributed by atoms with E-state index in [1.807, 2.05) is 25.1 Å². The van der Waals surface area contributed by atoms with Gasteiger partial charge in [-0.1, -0.05) is 59.6 Å². The van der Waals surface area contributed by atoms with Crippen molar-refractivity contribution < 1.29 is 14.4 Å². The average molecular weight is 571 g/mol. The number of piperidine rings is 1. The summed E-state index contributed by atoms with van der Waals surface area (Å²) in [7, 11) is 0. The Kier molecular flexibility index (Phi) is 8.16. The molecule has 0 spiro atoms. The molecule has 39 heavy (non-hydrogen) atoms. The van der Waals surface area contributed by atoms with Gasteiger partial charge in [-0.2, -0.15) is 0 Å². The fourth-order valence-corrected chi connectivity index (χ4v) is 6.19. The van der Waals surface area contributed by atoms with Crippen molar-refractivity contribution in [3.63, 3.8) is 0 Å². The van der Waals surface area contributed by atoms with Gasteiger partial charge in [0.1, 0.15) is 6.04 Å². The van der Waals surface area contributed by atoms with Gasteiger partial charge in [-0.3, -0.25) is 19.4 Å². The summed E-state index contributed by atoms with van der Waals surface area (Å²) in [6.45, 7) is 6.87. The van der Waals surface area contributed by atoms with Gasteiger partial charge in [-0.25, -0.2) is 4.79 Å². The molecule has 3 aliphatic rings. The van der Waals surface area contributed by atoms with E-state index in [-0.39, 0.29) is 30.4 Å². The minimum absolute atomic E-state index is 0.0586. The largest absolute Gasteiger partial charge is 0.351 e. The minimum atomic E-state index is -0.721. The molecule has 10 heteroatoms. The topological polar surface area (TPSA) is 85.0 Å². The van der Waals surface area contributed by atoms with Crippen molar-refractivity contribution >= 4 is 41.0 Å². The summed E-state index contributed by atoms with van der Waals surface area (Å²) in [5, 5.41) is 6.91. The van der Waals surface area contributed by atoms with Gasteiger partial charge in [0.05, 0.1) is 23.9 Å². The average Bonchev–Trinajstić information content (AvgIpc) is 3.26. The smallest absolute Gasteiger partial charge is 0.322 e. The first-order valence-corrected chi connectivity index (χ1v) is 14.2. The number of nitrogens with zero attached hydrogens (tertiary/aromatic N) is 3. The lowest BCUT2D eigenvalue weighted by Gasteiger charge is -2.34. The van der Waals surface area contributed by atoms with Gasteiger partial charge in [-0.05, 0) is 49.9 Å². The summed E-state index contributed by atoms with van der Waals surface area (Å²) >= 11 is 12.5. The van der Waals surface area contributed by atoms with E-state index in [9.17, 15) is 14.4 Å². The van der Waals surface area contributed by atoms with E-state index in [1.54, 1.807) is 34.9 Å². The number of carbonyl (C=O) groups excluding carboxylic acids is 3. The summed E-state index contributed by atoms with van der Waals surface area (Å²) in [4.78, 5) is 45.5. The van der Waals surface area contributed by atoms with E-state index in [0.717, 1.165) is 32.5 Å². The van der Waals surface area contributed by atoms with Gasteiger partial charge < -0.3 is 15.5 Å². The quantitative estimate of drug-likeness (QED) is 0.519. The Morgan fingerprint density at radius 1 is 1.10 bits per heavy atom. The van der Waals surface area contributed by atoms with Crippen LogP contribution in [0.3, 0.4) is 0 Å². The fourth-order valence-electron chi connectivity index (χ4n) is 5.67. The third-order valence-electron chi connectivity index (χ3n) is 7.87. The molecule has 0 saturated carbocycles. The Morgan fingerprint density at radius 3 is 2.49 bits per heavy atom. The summed E-state index contributed by atoms with van der Waals surface area (Å²) in [6.07, 6.45) is 1.71. The SMILES string of the molecule is CCN1C(=O)N[C@H](c2ccc(Cl)cc2Cl)C2=C1CN([C@H](C)C(=O)NC1CCN(Cc3ccccc3)CC1)C2=O. The first-order valence-electron chi connectivity index (χ1n) is 13.4. The molecule has 2 aromatic rings. The minimum Gasteiger partial charge on any atom is -0.351 e. The number of hydrogen-bond donors (Lipinski definition) is 2. The van der Waals surface area contributed by atoms with E-state index in [4.69, 9.17) is 23.2 Å². The Morgan fingerprint density at radius 2 is 1.82 bits per heavy atom. The Bertz CT molecular complexity index is 1290. The number of likely N-dealkylation sites (N-methyl/N-ethyl adjacent to an activating group) is 1. The second-order valence-corrected chi connectivity index (χ2v) is 11.2. The van der Waals surface area contributed by atoms with Crippen LogP contribution in [-0.4, -0.2) is 70.8 Å². The van der Waals surface area contributed by atoms with Crippen molar-refractivity contribution in [2.75, 3.05) is 26.2 Å². The molecule has 206 valence electrons. The van der Waals surface area contributed by atoms with Crippen molar-refractivity contribution in [1.29, 1.82) is 0 Å². The molecule has 1 fully saturated rings. The van der Waals surface area contributed by atoms with Crippen LogP contribution in [0.5, 0.6) is 0 Å². The molecule has 2 N–H and O–H groups in total. The van der Waals surface area contributed by atoms with Gasteiger partial charge in [0.2, 0.25) is 5.91 Å². The maximum Gasteiger partial charge on any atom is 0.322 e. The summed E-state index contributed by atoms with van der Waals surface area (Å²) in [5.74, 6) is -0.465. The van der Waals surface area contributed by atoms with E-state index >= 15 is 0 Å².